The second kappa shape index (κ2) is 4.79. The minimum absolute atomic E-state index is 0.101. The normalized spacial score (nSPS) is 17.7. The van der Waals surface area contributed by atoms with Gasteiger partial charge in [-0.2, -0.15) is 0 Å². The largest absolute Gasteiger partial charge is 0.328 e. The molecule has 9 heavy (non-hydrogen) atoms. The molecule has 0 heterocycles. The molecular formula is C4H9FNO2P. The topological polar surface area (TPSA) is 52.3 Å². The molecule has 0 aliphatic rings. The van der Waals surface area contributed by atoms with Crippen molar-refractivity contribution in [3.63, 3.8) is 0 Å². The highest BCUT2D eigenvalue weighted by molar-refractivity contribution is 7.17. The van der Waals surface area contributed by atoms with E-state index in [9.17, 15) is 8.96 Å². The molecule has 0 bridgehead atoms. The third kappa shape index (κ3) is 3.51. The first-order chi connectivity index (χ1) is 4.22. The monoisotopic (exact) mass is 153 g/mol. The number of hydrogen-bond donors (Lipinski definition) is 1. The molecule has 3 nitrogen and oxygen atoms in total. The fourth-order valence-corrected chi connectivity index (χ4v) is 0.593. The van der Waals surface area contributed by atoms with E-state index in [0.717, 1.165) is 0 Å². The Morgan fingerprint density at radius 3 is 2.78 bits per heavy atom. The minimum Gasteiger partial charge on any atom is -0.328 e. The van der Waals surface area contributed by atoms with Gasteiger partial charge in [-0.15, -0.1) is 0 Å². The van der Waals surface area contributed by atoms with E-state index in [1.807, 2.05) is 0 Å². The van der Waals surface area contributed by atoms with E-state index < -0.39 is 21.0 Å². The first kappa shape index (κ1) is 8.95. The molecule has 0 saturated heterocycles. The molecule has 54 valence electrons. The number of alkyl halides is 1. The Morgan fingerprint density at radius 2 is 2.44 bits per heavy atom. The summed E-state index contributed by atoms with van der Waals surface area (Å²) in [5, 5.41) is 0. The summed E-state index contributed by atoms with van der Waals surface area (Å²) in [6.07, 6.45) is -1.92. The van der Waals surface area contributed by atoms with Crippen molar-refractivity contribution in [2.24, 2.45) is 5.73 Å². The average molecular weight is 153 g/mol. The lowest BCUT2D eigenvalue weighted by Gasteiger charge is -2.09. The molecule has 2 unspecified atom stereocenters. The van der Waals surface area contributed by atoms with Gasteiger partial charge in [0, 0.05) is 6.54 Å². The molecule has 0 amide bonds. The number of nitrogens with two attached hydrogens (primary N) is 1. The van der Waals surface area contributed by atoms with Gasteiger partial charge in [-0.3, -0.25) is 4.52 Å². The van der Waals surface area contributed by atoms with Crippen molar-refractivity contribution in [1.82, 2.24) is 0 Å². The van der Waals surface area contributed by atoms with Crippen LogP contribution in [0.1, 0.15) is 6.92 Å². The molecule has 0 radical (unpaired) electrons. The van der Waals surface area contributed by atoms with E-state index in [4.69, 9.17) is 5.73 Å². The maximum atomic E-state index is 12.3. The molecule has 0 aromatic carbocycles. The van der Waals surface area contributed by atoms with E-state index in [0.29, 0.717) is 0 Å². The van der Waals surface area contributed by atoms with Gasteiger partial charge in [0.1, 0.15) is 12.3 Å². The first-order valence-corrected chi connectivity index (χ1v) is 3.28. The molecule has 0 aromatic rings. The Balaban J connectivity index is 3.44. The van der Waals surface area contributed by atoms with Crippen LogP contribution in [0.25, 0.3) is 0 Å². The number of hydrogen-bond acceptors (Lipinski definition) is 3. The zero-order chi connectivity index (χ0) is 7.28. The molecule has 2 atom stereocenters. The SMILES string of the molecule is CC(OP=O)C(F)CN. The van der Waals surface area contributed by atoms with Crippen LogP contribution in [0.4, 0.5) is 4.39 Å². The van der Waals surface area contributed by atoms with Crippen molar-refractivity contribution < 1.29 is 13.5 Å². The van der Waals surface area contributed by atoms with Crippen LogP contribution in [0.15, 0.2) is 0 Å². The Labute approximate surface area is 54.7 Å². The van der Waals surface area contributed by atoms with Gasteiger partial charge in [-0.1, -0.05) is 0 Å². The van der Waals surface area contributed by atoms with Crippen LogP contribution in [0.3, 0.4) is 0 Å². The Hall–Kier alpha value is -0.0500. The van der Waals surface area contributed by atoms with Gasteiger partial charge < -0.3 is 5.73 Å². The zero-order valence-corrected chi connectivity index (χ0v) is 5.98. The molecule has 0 fully saturated rings. The van der Waals surface area contributed by atoms with Crippen LogP contribution in [-0.2, 0) is 9.09 Å². The highest BCUT2D eigenvalue weighted by atomic mass is 31.1. The second-order valence-electron chi connectivity index (χ2n) is 1.64. The Kier molecular flexibility index (Phi) is 4.77. The molecule has 0 spiro atoms. The van der Waals surface area contributed by atoms with Crippen LogP contribution in [0.2, 0.25) is 0 Å². The fraction of sp³-hybridized carbons (Fsp3) is 1.00. The number of halogens is 1. The molecule has 0 aromatic heterocycles. The predicted molar refractivity (Wildman–Crippen MR) is 32.1 cm³/mol. The molecular weight excluding hydrogens is 144 g/mol. The van der Waals surface area contributed by atoms with Gasteiger partial charge >= 0.3 is 8.69 Å². The maximum Gasteiger partial charge on any atom is 0.327 e. The van der Waals surface area contributed by atoms with Crippen molar-refractivity contribution >= 4 is 8.69 Å². The van der Waals surface area contributed by atoms with Gasteiger partial charge in [0.2, 0.25) is 0 Å². The summed E-state index contributed by atoms with van der Waals surface area (Å²) in [6.45, 7) is 1.37. The van der Waals surface area contributed by atoms with Crippen LogP contribution >= 0.6 is 8.69 Å². The second-order valence-corrected chi connectivity index (χ2v) is 2.00. The van der Waals surface area contributed by atoms with E-state index in [-0.39, 0.29) is 6.54 Å². The highest BCUT2D eigenvalue weighted by Gasteiger charge is 2.14. The van der Waals surface area contributed by atoms with E-state index in [1.54, 1.807) is 0 Å². The van der Waals surface area contributed by atoms with Crippen molar-refractivity contribution in [3.05, 3.63) is 0 Å². The summed E-state index contributed by atoms with van der Waals surface area (Å²) in [5.74, 6) is 0. The lowest BCUT2D eigenvalue weighted by Crippen LogP contribution is -2.27. The van der Waals surface area contributed by atoms with Gasteiger partial charge in [0.05, 0.1) is 0 Å². The van der Waals surface area contributed by atoms with E-state index in [2.05, 4.69) is 4.52 Å². The van der Waals surface area contributed by atoms with Gasteiger partial charge in [-0.05, 0) is 6.92 Å². The quantitative estimate of drug-likeness (QED) is 0.610. The highest BCUT2D eigenvalue weighted by Crippen LogP contribution is 2.08. The molecule has 0 aliphatic heterocycles. The standard InChI is InChI=1S/C4H9FNO2P/c1-3(8-9-7)4(5)2-6/h3-4H,2,6H2,1H3. The lowest BCUT2D eigenvalue weighted by atomic mass is 10.2. The van der Waals surface area contributed by atoms with Crippen LogP contribution in [0, 0.1) is 0 Å². The number of rotatable bonds is 4. The summed E-state index contributed by atoms with van der Waals surface area (Å²) in [5.41, 5.74) is 4.94. The minimum atomic E-state index is -1.23. The molecule has 0 aliphatic carbocycles. The Morgan fingerprint density at radius 1 is 1.89 bits per heavy atom. The fourth-order valence-electron chi connectivity index (χ4n) is 0.326. The molecule has 0 rings (SSSR count). The van der Waals surface area contributed by atoms with Crippen molar-refractivity contribution in [2.45, 2.75) is 19.2 Å². The summed E-state index contributed by atoms with van der Waals surface area (Å²) in [6, 6.07) is 0. The van der Waals surface area contributed by atoms with Crippen LogP contribution in [-0.4, -0.2) is 18.8 Å². The predicted octanol–water partition coefficient (Wildman–Crippen LogP) is 0.895. The van der Waals surface area contributed by atoms with E-state index >= 15 is 0 Å². The van der Waals surface area contributed by atoms with Crippen molar-refractivity contribution in [3.8, 4) is 0 Å². The summed E-state index contributed by atoms with van der Waals surface area (Å²) in [4.78, 5) is 0. The first-order valence-electron chi connectivity index (χ1n) is 2.55. The van der Waals surface area contributed by atoms with Gasteiger partial charge in [0.25, 0.3) is 0 Å². The Bertz CT molecular complexity index is 92.6. The molecule has 5 heteroatoms. The van der Waals surface area contributed by atoms with E-state index in [1.165, 1.54) is 6.92 Å². The van der Waals surface area contributed by atoms with Crippen molar-refractivity contribution in [1.29, 1.82) is 0 Å². The summed E-state index contributed by atoms with van der Waals surface area (Å²) < 4.78 is 26.4. The summed E-state index contributed by atoms with van der Waals surface area (Å²) >= 11 is 0. The zero-order valence-electron chi connectivity index (χ0n) is 5.08. The van der Waals surface area contributed by atoms with Gasteiger partial charge in [0.15, 0.2) is 0 Å². The molecule has 0 saturated carbocycles. The summed E-state index contributed by atoms with van der Waals surface area (Å²) in [7, 11) is -0.502. The maximum absolute atomic E-state index is 12.3. The van der Waals surface area contributed by atoms with Crippen LogP contribution < -0.4 is 5.73 Å². The molecule has 2 N–H and O–H groups in total. The lowest BCUT2D eigenvalue weighted by molar-refractivity contribution is 0.133. The third-order valence-electron chi connectivity index (χ3n) is 0.944. The third-order valence-corrected chi connectivity index (χ3v) is 1.36. The van der Waals surface area contributed by atoms with Crippen LogP contribution in [0.5, 0.6) is 0 Å². The smallest absolute Gasteiger partial charge is 0.327 e. The van der Waals surface area contributed by atoms with Gasteiger partial charge in [-0.25, -0.2) is 8.96 Å². The van der Waals surface area contributed by atoms with Crippen molar-refractivity contribution in [2.75, 3.05) is 6.54 Å². The average Bonchev–Trinajstić information content (AvgIpc) is 1.87.